The number of aryl methyl sites for hydroxylation is 2. The molecule has 4 nitrogen and oxygen atoms in total. The van der Waals surface area contributed by atoms with Gasteiger partial charge in [-0.25, -0.2) is 9.66 Å². The third-order valence-corrected chi connectivity index (χ3v) is 2.72. The second kappa shape index (κ2) is 5.63. The Hall–Kier alpha value is -1.19. The molecule has 0 unspecified atom stereocenters. The van der Waals surface area contributed by atoms with E-state index in [9.17, 15) is 0 Å². The fourth-order valence-electron chi connectivity index (χ4n) is 1.70. The van der Waals surface area contributed by atoms with Crippen molar-refractivity contribution in [2.24, 2.45) is 0 Å². The van der Waals surface area contributed by atoms with Crippen molar-refractivity contribution in [3.63, 3.8) is 0 Å². The van der Waals surface area contributed by atoms with E-state index in [1.807, 2.05) is 6.92 Å². The van der Waals surface area contributed by atoms with Crippen LogP contribution >= 0.6 is 0 Å². The maximum atomic E-state index is 5.82. The first kappa shape index (κ1) is 11.9. The standard InChI is InChI=1S/C11H22N4/c1-3-4-5-6-7-8-10-11(12)15(13)9(2)14-10/h3-8,12-13H2,1-2H3. The van der Waals surface area contributed by atoms with Crippen LogP contribution in [0.3, 0.4) is 0 Å². The highest BCUT2D eigenvalue weighted by Gasteiger charge is 2.08. The van der Waals surface area contributed by atoms with Crippen LogP contribution in [0, 0.1) is 6.92 Å². The fraction of sp³-hybridized carbons (Fsp3) is 0.727. The molecule has 0 aliphatic heterocycles. The van der Waals surface area contributed by atoms with Crippen molar-refractivity contribution >= 4 is 5.82 Å². The highest BCUT2D eigenvalue weighted by Crippen LogP contribution is 2.14. The molecule has 1 aromatic rings. The highest BCUT2D eigenvalue weighted by atomic mass is 15.4. The number of imidazole rings is 1. The topological polar surface area (TPSA) is 69.9 Å². The molecular formula is C11H22N4. The summed E-state index contributed by atoms with van der Waals surface area (Å²) in [5, 5.41) is 0. The van der Waals surface area contributed by atoms with Crippen molar-refractivity contribution in [2.75, 3.05) is 11.6 Å². The van der Waals surface area contributed by atoms with E-state index in [1.54, 1.807) is 0 Å². The van der Waals surface area contributed by atoms with Gasteiger partial charge in [0.15, 0.2) is 0 Å². The van der Waals surface area contributed by atoms with Gasteiger partial charge in [-0.05, 0) is 19.8 Å². The Bertz CT molecular complexity index is 304. The van der Waals surface area contributed by atoms with Crippen molar-refractivity contribution in [3.05, 3.63) is 11.5 Å². The normalized spacial score (nSPS) is 10.8. The van der Waals surface area contributed by atoms with Crippen LogP contribution in [-0.4, -0.2) is 9.66 Å². The summed E-state index contributed by atoms with van der Waals surface area (Å²) in [5.41, 5.74) is 6.77. The molecule has 0 aromatic carbocycles. The summed E-state index contributed by atoms with van der Waals surface area (Å²) >= 11 is 0. The molecule has 0 saturated heterocycles. The predicted octanol–water partition coefficient (Wildman–Crippen LogP) is 2.00. The van der Waals surface area contributed by atoms with Crippen LogP contribution in [-0.2, 0) is 6.42 Å². The molecule has 0 radical (unpaired) electrons. The Morgan fingerprint density at radius 3 is 2.40 bits per heavy atom. The number of nitrogens with zero attached hydrogens (tertiary/aromatic N) is 2. The number of hydrogen-bond donors (Lipinski definition) is 2. The number of anilines is 1. The van der Waals surface area contributed by atoms with Gasteiger partial charge in [0.1, 0.15) is 11.6 Å². The molecule has 0 bridgehead atoms. The molecule has 0 atom stereocenters. The molecule has 1 heterocycles. The lowest BCUT2D eigenvalue weighted by molar-refractivity contribution is 0.629. The molecule has 0 aliphatic carbocycles. The Balaban J connectivity index is 2.34. The lowest BCUT2D eigenvalue weighted by Crippen LogP contribution is -2.13. The zero-order valence-corrected chi connectivity index (χ0v) is 9.79. The first-order valence-electron chi connectivity index (χ1n) is 5.75. The summed E-state index contributed by atoms with van der Waals surface area (Å²) in [5.74, 6) is 7.09. The van der Waals surface area contributed by atoms with Gasteiger partial charge in [-0.3, -0.25) is 0 Å². The number of aromatic nitrogens is 2. The molecule has 15 heavy (non-hydrogen) atoms. The Morgan fingerprint density at radius 1 is 1.20 bits per heavy atom. The van der Waals surface area contributed by atoms with Crippen LogP contribution in [0.1, 0.15) is 50.5 Å². The number of unbranched alkanes of at least 4 members (excludes halogenated alkanes) is 4. The van der Waals surface area contributed by atoms with Crippen molar-refractivity contribution in [1.29, 1.82) is 0 Å². The van der Waals surface area contributed by atoms with Crippen LogP contribution in [0.5, 0.6) is 0 Å². The monoisotopic (exact) mass is 210 g/mol. The SMILES string of the molecule is CCCCCCCc1nc(C)n(N)c1N. The van der Waals surface area contributed by atoms with E-state index in [1.165, 1.54) is 30.4 Å². The van der Waals surface area contributed by atoms with Crippen molar-refractivity contribution < 1.29 is 0 Å². The minimum absolute atomic E-state index is 0.614. The van der Waals surface area contributed by atoms with Crippen molar-refractivity contribution in [1.82, 2.24) is 9.66 Å². The van der Waals surface area contributed by atoms with Crippen molar-refractivity contribution in [3.8, 4) is 0 Å². The van der Waals surface area contributed by atoms with E-state index in [0.29, 0.717) is 5.82 Å². The predicted molar refractivity (Wildman–Crippen MR) is 64.0 cm³/mol. The summed E-state index contributed by atoms with van der Waals surface area (Å²) < 4.78 is 1.46. The van der Waals surface area contributed by atoms with Crippen LogP contribution in [0.4, 0.5) is 5.82 Å². The smallest absolute Gasteiger partial charge is 0.145 e. The molecule has 0 spiro atoms. The molecule has 1 rings (SSSR count). The number of nitrogens with two attached hydrogens (primary N) is 2. The summed E-state index contributed by atoms with van der Waals surface area (Å²) in [4.78, 5) is 4.34. The minimum Gasteiger partial charge on any atom is -0.382 e. The van der Waals surface area contributed by atoms with Crippen LogP contribution < -0.4 is 11.6 Å². The lowest BCUT2D eigenvalue weighted by atomic mass is 10.1. The van der Waals surface area contributed by atoms with Gasteiger partial charge in [0, 0.05) is 0 Å². The molecular weight excluding hydrogens is 188 g/mol. The fourth-order valence-corrected chi connectivity index (χ4v) is 1.70. The highest BCUT2D eigenvalue weighted by molar-refractivity contribution is 5.38. The van der Waals surface area contributed by atoms with Gasteiger partial charge in [-0.15, -0.1) is 0 Å². The second-order valence-corrected chi connectivity index (χ2v) is 4.03. The van der Waals surface area contributed by atoms with E-state index < -0.39 is 0 Å². The third-order valence-electron chi connectivity index (χ3n) is 2.72. The molecule has 86 valence electrons. The van der Waals surface area contributed by atoms with Gasteiger partial charge in [-0.2, -0.15) is 0 Å². The minimum atomic E-state index is 0.614. The third kappa shape index (κ3) is 3.15. The molecule has 0 fully saturated rings. The Labute approximate surface area is 91.6 Å². The molecule has 0 amide bonds. The molecule has 0 aliphatic rings. The van der Waals surface area contributed by atoms with E-state index in [-0.39, 0.29) is 0 Å². The van der Waals surface area contributed by atoms with Crippen LogP contribution in [0.25, 0.3) is 0 Å². The second-order valence-electron chi connectivity index (χ2n) is 4.03. The van der Waals surface area contributed by atoms with E-state index in [2.05, 4.69) is 11.9 Å². The molecule has 0 saturated carbocycles. The first-order chi connectivity index (χ1) is 7.16. The van der Waals surface area contributed by atoms with E-state index in [0.717, 1.165) is 24.4 Å². The lowest BCUT2D eigenvalue weighted by Gasteiger charge is -2.00. The maximum absolute atomic E-state index is 5.82. The number of rotatable bonds is 6. The Morgan fingerprint density at radius 2 is 1.87 bits per heavy atom. The summed E-state index contributed by atoms with van der Waals surface area (Å²) in [7, 11) is 0. The zero-order chi connectivity index (χ0) is 11.3. The molecule has 4 N–H and O–H groups in total. The van der Waals surface area contributed by atoms with E-state index in [4.69, 9.17) is 11.6 Å². The van der Waals surface area contributed by atoms with Gasteiger partial charge >= 0.3 is 0 Å². The summed E-state index contributed by atoms with van der Waals surface area (Å²) in [6.07, 6.45) is 7.25. The number of hydrogen-bond acceptors (Lipinski definition) is 3. The van der Waals surface area contributed by atoms with Gasteiger partial charge in [0.25, 0.3) is 0 Å². The van der Waals surface area contributed by atoms with Crippen LogP contribution in [0.15, 0.2) is 0 Å². The maximum Gasteiger partial charge on any atom is 0.145 e. The van der Waals surface area contributed by atoms with Crippen LogP contribution in [0.2, 0.25) is 0 Å². The summed E-state index contributed by atoms with van der Waals surface area (Å²) in [6, 6.07) is 0. The van der Waals surface area contributed by atoms with Gasteiger partial charge in [-0.1, -0.05) is 32.6 Å². The largest absolute Gasteiger partial charge is 0.382 e. The van der Waals surface area contributed by atoms with Crippen molar-refractivity contribution in [2.45, 2.75) is 52.4 Å². The average molecular weight is 210 g/mol. The molecule has 1 aromatic heterocycles. The number of nitrogen functional groups attached to an aromatic ring is 2. The Kier molecular flexibility index (Phi) is 4.46. The molecule has 4 heteroatoms. The first-order valence-corrected chi connectivity index (χ1v) is 5.75. The quantitative estimate of drug-likeness (QED) is 0.557. The summed E-state index contributed by atoms with van der Waals surface area (Å²) in [6.45, 7) is 4.09. The van der Waals surface area contributed by atoms with Gasteiger partial charge < -0.3 is 11.6 Å². The van der Waals surface area contributed by atoms with E-state index >= 15 is 0 Å². The van der Waals surface area contributed by atoms with Gasteiger partial charge in [0.05, 0.1) is 5.69 Å². The average Bonchev–Trinajstić information content (AvgIpc) is 2.46. The van der Waals surface area contributed by atoms with Gasteiger partial charge in [0.2, 0.25) is 0 Å². The zero-order valence-electron chi connectivity index (χ0n) is 9.79.